The first-order chi connectivity index (χ1) is 8.24. The van der Waals surface area contributed by atoms with Crippen LogP contribution >= 0.6 is 0 Å². The Hall–Kier alpha value is -1.00. The SMILES string of the molecule is Cc1ccc(COCc2ccc(C)cc2)cc1.[Li]. The summed E-state index contributed by atoms with van der Waals surface area (Å²) in [6, 6.07) is 16.9. The van der Waals surface area contributed by atoms with Crippen LogP contribution in [-0.4, -0.2) is 18.9 Å². The minimum Gasteiger partial charge on any atom is -0.372 e. The van der Waals surface area contributed by atoms with Gasteiger partial charge in [-0.1, -0.05) is 59.7 Å². The Morgan fingerprint density at radius 3 is 1.33 bits per heavy atom. The van der Waals surface area contributed by atoms with Gasteiger partial charge in [-0.15, -0.1) is 0 Å². The normalized spacial score (nSPS) is 9.89. The summed E-state index contributed by atoms with van der Waals surface area (Å²) in [5, 5.41) is 0. The number of aryl methyl sites for hydroxylation is 2. The third-order valence-electron chi connectivity index (χ3n) is 2.78. The summed E-state index contributed by atoms with van der Waals surface area (Å²) in [7, 11) is 0. The van der Waals surface area contributed by atoms with Gasteiger partial charge in [0.2, 0.25) is 0 Å². The minimum atomic E-state index is 0. The molecule has 0 fully saturated rings. The van der Waals surface area contributed by atoms with Crippen molar-refractivity contribution in [1.82, 2.24) is 0 Å². The molecular formula is C16H18LiO. The van der Waals surface area contributed by atoms with E-state index in [1.807, 2.05) is 0 Å². The van der Waals surface area contributed by atoms with Crippen LogP contribution in [0.1, 0.15) is 22.3 Å². The van der Waals surface area contributed by atoms with Crippen LogP contribution in [0.5, 0.6) is 0 Å². The van der Waals surface area contributed by atoms with E-state index in [1.165, 1.54) is 22.3 Å². The molecule has 0 saturated heterocycles. The van der Waals surface area contributed by atoms with E-state index in [-0.39, 0.29) is 18.9 Å². The summed E-state index contributed by atoms with van der Waals surface area (Å²) >= 11 is 0. The zero-order valence-electron chi connectivity index (χ0n) is 11.4. The molecule has 1 nitrogen and oxygen atoms in total. The molecule has 0 atom stereocenters. The summed E-state index contributed by atoms with van der Waals surface area (Å²) in [5.74, 6) is 0. The monoisotopic (exact) mass is 233 g/mol. The smallest absolute Gasteiger partial charge is 0.0721 e. The van der Waals surface area contributed by atoms with Crippen molar-refractivity contribution >= 4 is 18.9 Å². The van der Waals surface area contributed by atoms with Crippen molar-refractivity contribution < 1.29 is 4.74 Å². The van der Waals surface area contributed by atoms with E-state index < -0.39 is 0 Å². The summed E-state index contributed by atoms with van der Waals surface area (Å²) in [6.45, 7) is 5.54. The Bertz CT molecular complexity index is 414. The maximum absolute atomic E-state index is 5.69. The van der Waals surface area contributed by atoms with Crippen LogP contribution in [0.2, 0.25) is 0 Å². The molecule has 2 rings (SSSR count). The van der Waals surface area contributed by atoms with Gasteiger partial charge in [0, 0.05) is 18.9 Å². The van der Waals surface area contributed by atoms with Gasteiger partial charge >= 0.3 is 0 Å². The molecule has 0 bridgehead atoms. The molecule has 0 heterocycles. The van der Waals surface area contributed by atoms with Gasteiger partial charge in [-0.25, -0.2) is 0 Å². The molecule has 0 N–H and O–H groups in total. The summed E-state index contributed by atoms with van der Waals surface area (Å²) in [6.07, 6.45) is 0. The molecule has 0 spiro atoms. The van der Waals surface area contributed by atoms with Crippen molar-refractivity contribution in [2.75, 3.05) is 0 Å². The van der Waals surface area contributed by atoms with E-state index in [4.69, 9.17) is 4.74 Å². The molecular weight excluding hydrogens is 215 g/mol. The number of ether oxygens (including phenoxy) is 1. The largest absolute Gasteiger partial charge is 0.372 e. The van der Waals surface area contributed by atoms with Crippen molar-refractivity contribution in [3.8, 4) is 0 Å². The first kappa shape index (κ1) is 15.1. The van der Waals surface area contributed by atoms with E-state index >= 15 is 0 Å². The fourth-order valence-corrected chi connectivity index (χ4v) is 1.66. The predicted molar refractivity (Wildman–Crippen MR) is 76.6 cm³/mol. The second-order valence-corrected chi connectivity index (χ2v) is 4.46. The van der Waals surface area contributed by atoms with E-state index in [0.29, 0.717) is 13.2 Å². The van der Waals surface area contributed by atoms with Crippen LogP contribution in [0.15, 0.2) is 48.5 Å². The van der Waals surface area contributed by atoms with Crippen LogP contribution < -0.4 is 0 Å². The van der Waals surface area contributed by atoms with Gasteiger partial charge < -0.3 is 4.74 Å². The molecule has 0 aliphatic rings. The van der Waals surface area contributed by atoms with Crippen LogP contribution in [0.3, 0.4) is 0 Å². The minimum absolute atomic E-state index is 0. The Balaban J connectivity index is 0.00000162. The van der Waals surface area contributed by atoms with Crippen molar-refractivity contribution in [2.24, 2.45) is 0 Å². The maximum atomic E-state index is 5.69. The topological polar surface area (TPSA) is 9.23 Å². The zero-order chi connectivity index (χ0) is 12.1. The number of hydrogen-bond donors (Lipinski definition) is 0. The van der Waals surface area contributed by atoms with Gasteiger partial charge in [0.15, 0.2) is 0 Å². The second-order valence-electron chi connectivity index (χ2n) is 4.46. The van der Waals surface area contributed by atoms with E-state index in [0.717, 1.165) is 0 Å². The third kappa shape index (κ3) is 4.70. The molecule has 1 radical (unpaired) electrons. The van der Waals surface area contributed by atoms with Gasteiger partial charge in [0.25, 0.3) is 0 Å². The molecule has 89 valence electrons. The quantitative estimate of drug-likeness (QED) is 0.732. The average molecular weight is 233 g/mol. The Kier molecular flexibility index (Phi) is 6.22. The van der Waals surface area contributed by atoms with E-state index in [1.54, 1.807) is 0 Å². The van der Waals surface area contributed by atoms with Crippen LogP contribution in [0.25, 0.3) is 0 Å². The molecule has 18 heavy (non-hydrogen) atoms. The van der Waals surface area contributed by atoms with Gasteiger partial charge in [-0.05, 0) is 25.0 Å². The molecule has 0 aliphatic carbocycles. The Morgan fingerprint density at radius 1 is 0.667 bits per heavy atom. The molecule has 0 saturated carbocycles. The van der Waals surface area contributed by atoms with Crippen molar-refractivity contribution in [1.29, 1.82) is 0 Å². The maximum Gasteiger partial charge on any atom is 0.0721 e. The summed E-state index contributed by atoms with van der Waals surface area (Å²) in [5.41, 5.74) is 5.02. The Labute approximate surface area is 121 Å². The van der Waals surface area contributed by atoms with E-state index in [9.17, 15) is 0 Å². The third-order valence-corrected chi connectivity index (χ3v) is 2.78. The first-order valence-corrected chi connectivity index (χ1v) is 5.93. The average Bonchev–Trinajstić information content (AvgIpc) is 2.34. The van der Waals surface area contributed by atoms with Crippen molar-refractivity contribution in [3.63, 3.8) is 0 Å². The first-order valence-electron chi connectivity index (χ1n) is 5.93. The molecule has 0 aliphatic heterocycles. The van der Waals surface area contributed by atoms with Crippen LogP contribution in [0, 0.1) is 13.8 Å². The molecule has 0 unspecified atom stereocenters. The molecule has 0 aromatic heterocycles. The van der Waals surface area contributed by atoms with Crippen molar-refractivity contribution in [2.45, 2.75) is 27.1 Å². The molecule has 2 aromatic rings. The molecule has 2 heteroatoms. The molecule has 0 amide bonds. The fraction of sp³-hybridized carbons (Fsp3) is 0.250. The molecule has 2 aromatic carbocycles. The number of hydrogen-bond acceptors (Lipinski definition) is 1. The van der Waals surface area contributed by atoms with Gasteiger partial charge in [-0.2, -0.15) is 0 Å². The van der Waals surface area contributed by atoms with Crippen LogP contribution in [0.4, 0.5) is 0 Å². The standard InChI is InChI=1S/C16H18O.Li/c1-13-3-7-15(8-4-13)11-17-12-16-9-5-14(2)6-10-16;/h3-10H,11-12H2,1-2H3;. The zero-order valence-corrected chi connectivity index (χ0v) is 11.4. The van der Waals surface area contributed by atoms with Gasteiger partial charge in [-0.3, -0.25) is 0 Å². The number of rotatable bonds is 4. The number of benzene rings is 2. The van der Waals surface area contributed by atoms with Crippen LogP contribution in [-0.2, 0) is 18.0 Å². The van der Waals surface area contributed by atoms with Crippen molar-refractivity contribution in [3.05, 3.63) is 70.8 Å². The summed E-state index contributed by atoms with van der Waals surface area (Å²) < 4.78 is 5.69. The van der Waals surface area contributed by atoms with Gasteiger partial charge in [0.1, 0.15) is 0 Å². The summed E-state index contributed by atoms with van der Waals surface area (Å²) in [4.78, 5) is 0. The predicted octanol–water partition coefficient (Wildman–Crippen LogP) is 3.64. The second kappa shape index (κ2) is 7.44. The van der Waals surface area contributed by atoms with Gasteiger partial charge in [0.05, 0.1) is 13.2 Å². The fourth-order valence-electron chi connectivity index (χ4n) is 1.66. The Morgan fingerprint density at radius 2 is 1.00 bits per heavy atom. The van der Waals surface area contributed by atoms with E-state index in [2.05, 4.69) is 62.4 Å².